The molecular weight excluding hydrogens is 358 g/mol. The number of aromatic nitrogens is 3. The molecule has 1 aliphatic heterocycles. The number of nitrogens with one attached hydrogen (secondary N) is 2. The van der Waals surface area contributed by atoms with Gasteiger partial charge in [0.1, 0.15) is 0 Å². The van der Waals surface area contributed by atoms with Gasteiger partial charge in [-0.3, -0.25) is 19.0 Å². The second-order valence-electron chi connectivity index (χ2n) is 6.63. The third-order valence-corrected chi connectivity index (χ3v) is 4.66. The van der Waals surface area contributed by atoms with Crippen LogP contribution in [0.5, 0.6) is 0 Å². The van der Waals surface area contributed by atoms with Crippen molar-refractivity contribution in [3.8, 4) is 0 Å². The van der Waals surface area contributed by atoms with E-state index in [9.17, 15) is 9.59 Å². The van der Waals surface area contributed by atoms with Gasteiger partial charge in [-0.1, -0.05) is 12.1 Å². The van der Waals surface area contributed by atoms with Crippen LogP contribution in [0.3, 0.4) is 0 Å². The quantitative estimate of drug-likeness (QED) is 0.678. The van der Waals surface area contributed by atoms with Gasteiger partial charge in [-0.05, 0) is 36.6 Å². The SMILES string of the molecule is O=C(NCc1cccnc1)c1nc(C(=O)NCC2CCCO2)n2ccccc12. The Bertz CT molecular complexity index is 980. The lowest BCUT2D eigenvalue weighted by Gasteiger charge is -2.10. The monoisotopic (exact) mass is 379 g/mol. The smallest absolute Gasteiger partial charge is 0.287 e. The van der Waals surface area contributed by atoms with Crippen molar-refractivity contribution in [2.75, 3.05) is 13.2 Å². The molecule has 1 saturated heterocycles. The molecule has 0 aliphatic carbocycles. The highest BCUT2D eigenvalue weighted by Crippen LogP contribution is 2.15. The van der Waals surface area contributed by atoms with Crippen molar-refractivity contribution in [1.82, 2.24) is 25.0 Å². The molecule has 4 rings (SSSR count). The Kier molecular flexibility index (Phi) is 5.29. The Balaban J connectivity index is 1.52. The molecule has 1 unspecified atom stereocenters. The summed E-state index contributed by atoms with van der Waals surface area (Å²) in [5.41, 5.74) is 1.68. The Morgan fingerprint density at radius 1 is 1.18 bits per heavy atom. The second-order valence-corrected chi connectivity index (χ2v) is 6.63. The first-order chi connectivity index (χ1) is 13.7. The largest absolute Gasteiger partial charge is 0.376 e. The molecule has 2 amide bonds. The summed E-state index contributed by atoms with van der Waals surface area (Å²) < 4.78 is 7.16. The molecule has 3 aromatic rings. The number of hydrogen-bond acceptors (Lipinski definition) is 5. The van der Waals surface area contributed by atoms with E-state index in [2.05, 4.69) is 20.6 Å². The Hall–Kier alpha value is -3.26. The van der Waals surface area contributed by atoms with E-state index in [1.54, 1.807) is 35.1 Å². The Labute approximate surface area is 161 Å². The van der Waals surface area contributed by atoms with E-state index in [1.165, 1.54) is 0 Å². The lowest BCUT2D eigenvalue weighted by Crippen LogP contribution is -2.33. The number of pyridine rings is 2. The molecule has 1 atom stereocenters. The van der Waals surface area contributed by atoms with Crippen molar-refractivity contribution < 1.29 is 14.3 Å². The topological polar surface area (TPSA) is 97.6 Å². The van der Waals surface area contributed by atoms with Gasteiger partial charge in [-0.15, -0.1) is 0 Å². The highest BCUT2D eigenvalue weighted by atomic mass is 16.5. The van der Waals surface area contributed by atoms with E-state index in [-0.39, 0.29) is 29.4 Å². The lowest BCUT2D eigenvalue weighted by molar-refractivity contribution is 0.0848. The molecule has 0 aromatic carbocycles. The van der Waals surface area contributed by atoms with Crippen molar-refractivity contribution in [2.24, 2.45) is 0 Å². The van der Waals surface area contributed by atoms with Crippen molar-refractivity contribution in [3.05, 3.63) is 66.0 Å². The van der Waals surface area contributed by atoms with E-state index >= 15 is 0 Å². The van der Waals surface area contributed by atoms with Gasteiger partial charge in [0.15, 0.2) is 5.69 Å². The van der Waals surface area contributed by atoms with Gasteiger partial charge in [0.05, 0.1) is 11.6 Å². The molecule has 1 aliphatic rings. The minimum atomic E-state index is -0.342. The molecule has 144 valence electrons. The van der Waals surface area contributed by atoms with Crippen LogP contribution in [0.2, 0.25) is 0 Å². The number of imidazole rings is 1. The van der Waals surface area contributed by atoms with Crippen LogP contribution in [0.4, 0.5) is 0 Å². The standard InChI is InChI=1S/C20H21N5O3/c26-19(22-12-14-5-3-8-21-11-14)17-16-7-1-2-9-25(16)18(24-17)20(27)23-13-15-6-4-10-28-15/h1-3,5,7-9,11,15H,4,6,10,12-13H2,(H,22,26)(H,23,27). The third kappa shape index (κ3) is 3.86. The number of hydrogen-bond donors (Lipinski definition) is 2. The van der Waals surface area contributed by atoms with Crippen LogP contribution in [-0.4, -0.2) is 45.4 Å². The van der Waals surface area contributed by atoms with Crippen LogP contribution in [-0.2, 0) is 11.3 Å². The number of carbonyl (C=O) groups excluding carboxylic acids is 2. The van der Waals surface area contributed by atoms with Crippen molar-refractivity contribution in [2.45, 2.75) is 25.5 Å². The van der Waals surface area contributed by atoms with Crippen LogP contribution in [0, 0.1) is 0 Å². The van der Waals surface area contributed by atoms with Crippen molar-refractivity contribution in [1.29, 1.82) is 0 Å². The first-order valence-corrected chi connectivity index (χ1v) is 9.26. The zero-order chi connectivity index (χ0) is 19.3. The molecule has 8 heteroatoms. The molecule has 1 fully saturated rings. The van der Waals surface area contributed by atoms with E-state index in [4.69, 9.17) is 4.74 Å². The number of amides is 2. The highest BCUT2D eigenvalue weighted by Gasteiger charge is 2.23. The van der Waals surface area contributed by atoms with Crippen LogP contribution in [0.1, 0.15) is 39.5 Å². The molecule has 0 radical (unpaired) electrons. The first kappa shape index (κ1) is 18.1. The number of fused-ring (bicyclic) bond motifs is 1. The Morgan fingerprint density at radius 2 is 2.11 bits per heavy atom. The third-order valence-electron chi connectivity index (χ3n) is 4.66. The summed E-state index contributed by atoms with van der Waals surface area (Å²) in [7, 11) is 0. The maximum absolute atomic E-state index is 12.7. The number of ether oxygens (including phenoxy) is 1. The van der Waals surface area contributed by atoms with Crippen LogP contribution < -0.4 is 10.6 Å². The summed E-state index contributed by atoms with van der Waals surface area (Å²) in [5.74, 6) is -0.492. The van der Waals surface area contributed by atoms with E-state index < -0.39 is 0 Å². The van der Waals surface area contributed by atoms with Gasteiger partial charge in [-0.25, -0.2) is 4.98 Å². The van der Waals surface area contributed by atoms with Gasteiger partial charge < -0.3 is 15.4 Å². The summed E-state index contributed by atoms with van der Waals surface area (Å²) in [5, 5.41) is 5.69. The van der Waals surface area contributed by atoms with Crippen LogP contribution >= 0.6 is 0 Å². The minimum absolute atomic E-state index is 0.0393. The molecule has 0 saturated carbocycles. The summed E-state index contributed by atoms with van der Waals surface area (Å²) in [6.07, 6.45) is 7.07. The molecule has 4 heterocycles. The summed E-state index contributed by atoms with van der Waals surface area (Å²) in [4.78, 5) is 33.7. The minimum Gasteiger partial charge on any atom is -0.376 e. The van der Waals surface area contributed by atoms with Gasteiger partial charge >= 0.3 is 0 Å². The molecule has 0 spiro atoms. The van der Waals surface area contributed by atoms with Crippen LogP contribution in [0.25, 0.3) is 5.52 Å². The van der Waals surface area contributed by atoms with Gasteiger partial charge in [0.2, 0.25) is 5.82 Å². The predicted molar refractivity (Wildman–Crippen MR) is 102 cm³/mol. The predicted octanol–water partition coefficient (Wildman–Crippen LogP) is 1.57. The lowest BCUT2D eigenvalue weighted by atomic mass is 10.2. The van der Waals surface area contributed by atoms with Gasteiger partial charge in [0.25, 0.3) is 11.8 Å². The van der Waals surface area contributed by atoms with Crippen molar-refractivity contribution in [3.63, 3.8) is 0 Å². The zero-order valence-corrected chi connectivity index (χ0v) is 15.3. The summed E-state index contributed by atoms with van der Waals surface area (Å²) >= 11 is 0. The second kappa shape index (κ2) is 8.18. The van der Waals surface area contributed by atoms with E-state index in [0.29, 0.717) is 18.6 Å². The number of carbonyl (C=O) groups is 2. The average Bonchev–Trinajstić information content (AvgIpc) is 3.39. The fourth-order valence-electron chi connectivity index (χ4n) is 3.22. The fourth-order valence-corrected chi connectivity index (χ4v) is 3.22. The highest BCUT2D eigenvalue weighted by molar-refractivity contribution is 6.02. The average molecular weight is 379 g/mol. The molecule has 2 N–H and O–H groups in total. The molecule has 3 aromatic heterocycles. The normalized spacial score (nSPS) is 16.2. The molecule has 0 bridgehead atoms. The first-order valence-electron chi connectivity index (χ1n) is 9.26. The fraction of sp³-hybridized carbons (Fsp3) is 0.300. The van der Waals surface area contributed by atoms with E-state index in [0.717, 1.165) is 25.0 Å². The van der Waals surface area contributed by atoms with Crippen molar-refractivity contribution >= 4 is 17.3 Å². The zero-order valence-electron chi connectivity index (χ0n) is 15.3. The molecule has 8 nitrogen and oxygen atoms in total. The molecule has 28 heavy (non-hydrogen) atoms. The van der Waals surface area contributed by atoms with Gasteiger partial charge in [-0.2, -0.15) is 0 Å². The Morgan fingerprint density at radius 3 is 2.89 bits per heavy atom. The maximum atomic E-state index is 12.7. The number of rotatable bonds is 6. The van der Waals surface area contributed by atoms with E-state index in [1.807, 2.05) is 18.2 Å². The summed E-state index contributed by atoms with van der Waals surface area (Å²) in [6, 6.07) is 9.06. The van der Waals surface area contributed by atoms with Gasteiger partial charge in [0, 0.05) is 38.3 Å². The van der Waals surface area contributed by atoms with Crippen LogP contribution in [0.15, 0.2) is 48.9 Å². The maximum Gasteiger partial charge on any atom is 0.287 e. The summed E-state index contributed by atoms with van der Waals surface area (Å²) in [6.45, 7) is 1.50. The number of nitrogens with zero attached hydrogens (tertiary/aromatic N) is 3. The molecular formula is C20H21N5O3.